The molecule has 0 aliphatic carbocycles. The van der Waals surface area contributed by atoms with Crippen LogP contribution >= 0.6 is 0 Å². The van der Waals surface area contributed by atoms with Gasteiger partial charge in [0.05, 0.1) is 5.56 Å². The van der Waals surface area contributed by atoms with Crippen molar-refractivity contribution < 1.29 is 14.3 Å². The predicted octanol–water partition coefficient (Wildman–Crippen LogP) is 3.21. The summed E-state index contributed by atoms with van der Waals surface area (Å²) in [5, 5.41) is 8.75. The Bertz CT molecular complexity index is 401. The van der Waals surface area contributed by atoms with Crippen LogP contribution in [0.2, 0.25) is 19.6 Å². The fraction of sp³-hybridized carbons (Fsp3) is 0.250. The summed E-state index contributed by atoms with van der Waals surface area (Å²) in [6, 6.07) is 6.53. The van der Waals surface area contributed by atoms with Crippen molar-refractivity contribution in [3.05, 3.63) is 42.0 Å². The lowest BCUT2D eigenvalue weighted by molar-refractivity contribution is 0.0697. The van der Waals surface area contributed by atoms with Gasteiger partial charge in [-0.25, -0.2) is 4.79 Å². The van der Waals surface area contributed by atoms with Crippen molar-refractivity contribution in [1.29, 1.82) is 0 Å². The highest BCUT2D eigenvalue weighted by molar-refractivity contribution is 6.70. The molecule has 0 aliphatic rings. The summed E-state index contributed by atoms with van der Waals surface area (Å²) in [6.07, 6.45) is 0. The standard InChI is InChI=1S/C12H16O3Si/c1-9(15-16(2,3)4)10-5-7-11(8-6-10)12(13)14/h5-8H,1H2,2-4H3,(H,13,14). The second-order valence-electron chi connectivity index (χ2n) is 4.52. The van der Waals surface area contributed by atoms with Gasteiger partial charge in [-0.05, 0) is 31.8 Å². The first-order valence-corrected chi connectivity index (χ1v) is 8.42. The molecule has 0 spiro atoms. The quantitative estimate of drug-likeness (QED) is 0.645. The zero-order valence-electron chi connectivity index (χ0n) is 9.78. The van der Waals surface area contributed by atoms with Crippen LogP contribution in [0.5, 0.6) is 0 Å². The largest absolute Gasteiger partial charge is 0.544 e. The lowest BCUT2D eigenvalue weighted by Gasteiger charge is -2.21. The van der Waals surface area contributed by atoms with Crippen LogP contribution in [-0.4, -0.2) is 19.4 Å². The van der Waals surface area contributed by atoms with Gasteiger partial charge in [0.25, 0.3) is 0 Å². The molecule has 4 heteroatoms. The SMILES string of the molecule is C=C(O[Si](C)(C)C)c1ccc(C(=O)O)cc1. The molecule has 0 atom stereocenters. The molecule has 1 rings (SSSR count). The molecule has 0 radical (unpaired) electrons. The zero-order valence-corrected chi connectivity index (χ0v) is 10.8. The van der Waals surface area contributed by atoms with Crippen LogP contribution in [0.25, 0.3) is 5.76 Å². The number of rotatable bonds is 4. The van der Waals surface area contributed by atoms with Gasteiger partial charge in [-0.15, -0.1) is 0 Å². The number of carboxylic acids is 1. The third-order valence-corrected chi connectivity index (χ3v) is 2.74. The average Bonchev–Trinajstić information content (AvgIpc) is 2.15. The van der Waals surface area contributed by atoms with E-state index < -0.39 is 14.3 Å². The topological polar surface area (TPSA) is 46.5 Å². The van der Waals surface area contributed by atoms with Crippen molar-refractivity contribution in [3.8, 4) is 0 Å². The lowest BCUT2D eigenvalue weighted by atomic mass is 10.1. The van der Waals surface area contributed by atoms with Gasteiger partial charge in [0.2, 0.25) is 8.32 Å². The first-order valence-electron chi connectivity index (χ1n) is 5.01. The third-order valence-electron chi connectivity index (χ3n) is 1.88. The maximum atomic E-state index is 10.7. The van der Waals surface area contributed by atoms with Gasteiger partial charge in [-0.1, -0.05) is 18.7 Å². The summed E-state index contributed by atoms with van der Waals surface area (Å²) in [4.78, 5) is 10.7. The van der Waals surface area contributed by atoms with Gasteiger partial charge >= 0.3 is 5.97 Å². The van der Waals surface area contributed by atoms with Crippen molar-refractivity contribution in [1.82, 2.24) is 0 Å². The summed E-state index contributed by atoms with van der Waals surface area (Å²) in [5.74, 6) is -0.320. The zero-order chi connectivity index (χ0) is 12.3. The van der Waals surface area contributed by atoms with Crippen LogP contribution in [0.15, 0.2) is 30.8 Å². The van der Waals surface area contributed by atoms with Crippen molar-refractivity contribution in [2.45, 2.75) is 19.6 Å². The van der Waals surface area contributed by atoms with E-state index in [0.717, 1.165) is 5.56 Å². The van der Waals surface area contributed by atoms with Crippen molar-refractivity contribution in [2.24, 2.45) is 0 Å². The van der Waals surface area contributed by atoms with E-state index in [2.05, 4.69) is 26.2 Å². The summed E-state index contributed by atoms with van der Waals surface area (Å²) < 4.78 is 5.72. The number of carbonyl (C=O) groups is 1. The summed E-state index contributed by atoms with van der Waals surface area (Å²) in [5.41, 5.74) is 1.09. The number of aromatic carboxylic acids is 1. The first-order chi connectivity index (χ1) is 7.29. The highest BCUT2D eigenvalue weighted by atomic mass is 28.4. The van der Waals surface area contributed by atoms with Crippen LogP contribution in [-0.2, 0) is 4.43 Å². The molecule has 16 heavy (non-hydrogen) atoms. The van der Waals surface area contributed by atoms with Gasteiger partial charge in [0.15, 0.2) is 0 Å². The van der Waals surface area contributed by atoms with Crippen molar-refractivity contribution >= 4 is 20.0 Å². The molecule has 3 nitrogen and oxygen atoms in total. The molecule has 0 aromatic heterocycles. The van der Waals surface area contributed by atoms with Crippen LogP contribution in [0.4, 0.5) is 0 Å². The molecule has 0 saturated carbocycles. The second-order valence-corrected chi connectivity index (χ2v) is 8.95. The molecule has 0 fully saturated rings. The molecule has 0 amide bonds. The predicted molar refractivity (Wildman–Crippen MR) is 66.9 cm³/mol. The highest BCUT2D eigenvalue weighted by Crippen LogP contribution is 2.19. The molecule has 0 aliphatic heterocycles. The number of benzene rings is 1. The van der Waals surface area contributed by atoms with E-state index in [9.17, 15) is 4.79 Å². The molecule has 0 heterocycles. The van der Waals surface area contributed by atoms with E-state index in [1.807, 2.05) is 0 Å². The smallest absolute Gasteiger partial charge is 0.335 e. The van der Waals surface area contributed by atoms with Crippen molar-refractivity contribution in [3.63, 3.8) is 0 Å². The number of hydrogen-bond donors (Lipinski definition) is 1. The molecular weight excluding hydrogens is 220 g/mol. The normalized spacial score (nSPS) is 10.9. The lowest BCUT2D eigenvalue weighted by Crippen LogP contribution is -2.24. The van der Waals surface area contributed by atoms with E-state index in [-0.39, 0.29) is 5.56 Å². The number of carboxylic acid groups (broad SMARTS) is 1. The highest BCUT2D eigenvalue weighted by Gasteiger charge is 2.17. The fourth-order valence-electron chi connectivity index (χ4n) is 1.23. The summed E-state index contributed by atoms with van der Waals surface area (Å²) in [7, 11) is -1.65. The van der Waals surface area contributed by atoms with E-state index in [1.165, 1.54) is 0 Å². The van der Waals surface area contributed by atoms with Gasteiger partial charge in [0, 0.05) is 5.56 Å². The summed E-state index contributed by atoms with van der Waals surface area (Å²) >= 11 is 0. The molecule has 0 unspecified atom stereocenters. The Morgan fingerprint density at radius 2 is 1.62 bits per heavy atom. The molecule has 1 aromatic rings. The Kier molecular flexibility index (Phi) is 3.54. The Hall–Kier alpha value is -1.55. The Balaban J connectivity index is 2.82. The molecule has 0 saturated heterocycles. The van der Waals surface area contributed by atoms with Gasteiger partial charge in [-0.2, -0.15) is 0 Å². The minimum absolute atomic E-state index is 0.268. The monoisotopic (exact) mass is 236 g/mol. The van der Waals surface area contributed by atoms with E-state index in [4.69, 9.17) is 9.53 Å². The third kappa shape index (κ3) is 3.55. The summed E-state index contributed by atoms with van der Waals surface area (Å²) in [6.45, 7) is 10.1. The van der Waals surface area contributed by atoms with E-state index in [1.54, 1.807) is 24.3 Å². The minimum Gasteiger partial charge on any atom is -0.544 e. The average molecular weight is 236 g/mol. The van der Waals surface area contributed by atoms with Crippen LogP contribution < -0.4 is 0 Å². The molecule has 0 bridgehead atoms. The van der Waals surface area contributed by atoms with Gasteiger partial charge in [-0.3, -0.25) is 0 Å². The Labute approximate surface area is 96.5 Å². The van der Waals surface area contributed by atoms with Gasteiger partial charge < -0.3 is 9.53 Å². The fourth-order valence-corrected chi connectivity index (χ4v) is 2.08. The van der Waals surface area contributed by atoms with E-state index in [0.29, 0.717) is 5.76 Å². The van der Waals surface area contributed by atoms with Crippen LogP contribution in [0, 0.1) is 0 Å². The first kappa shape index (κ1) is 12.5. The molecule has 86 valence electrons. The number of hydrogen-bond acceptors (Lipinski definition) is 2. The minimum atomic E-state index is -1.65. The second kappa shape index (κ2) is 4.53. The maximum Gasteiger partial charge on any atom is 0.335 e. The maximum absolute atomic E-state index is 10.7. The molecular formula is C12H16O3Si. The molecule has 1 N–H and O–H groups in total. The molecule has 1 aromatic carbocycles. The van der Waals surface area contributed by atoms with E-state index >= 15 is 0 Å². The van der Waals surface area contributed by atoms with Crippen LogP contribution in [0.1, 0.15) is 15.9 Å². The van der Waals surface area contributed by atoms with Gasteiger partial charge in [0.1, 0.15) is 5.76 Å². The Morgan fingerprint density at radius 3 is 2.00 bits per heavy atom. The van der Waals surface area contributed by atoms with Crippen LogP contribution in [0.3, 0.4) is 0 Å². The Morgan fingerprint density at radius 1 is 1.19 bits per heavy atom. The van der Waals surface area contributed by atoms with Crippen molar-refractivity contribution in [2.75, 3.05) is 0 Å².